The molecule has 7 heteroatoms. The molecule has 6 rings (SSSR count). The van der Waals surface area contributed by atoms with E-state index in [1.165, 1.54) is 56.9 Å². The molecule has 37 heavy (non-hydrogen) atoms. The average molecular weight is 504 g/mol. The zero-order chi connectivity index (χ0) is 25.0. The first-order chi connectivity index (χ1) is 18.2. The van der Waals surface area contributed by atoms with Crippen molar-refractivity contribution in [2.75, 3.05) is 23.3 Å². The van der Waals surface area contributed by atoms with E-state index in [4.69, 9.17) is 9.72 Å². The third kappa shape index (κ3) is 5.55. The number of aromatic nitrogens is 2. The molecular formula is C30H41N5O2. The zero-order valence-electron chi connectivity index (χ0n) is 21.9. The van der Waals surface area contributed by atoms with E-state index in [1.807, 2.05) is 30.5 Å². The van der Waals surface area contributed by atoms with Crippen LogP contribution in [0.25, 0.3) is 0 Å². The number of nitrogens with one attached hydrogen (secondary N) is 1. The Morgan fingerprint density at radius 3 is 2.54 bits per heavy atom. The summed E-state index contributed by atoms with van der Waals surface area (Å²) in [4.78, 5) is 26.8. The average Bonchev–Trinajstić information content (AvgIpc) is 3.30. The number of rotatable bonds is 7. The van der Waals surface area contributed by atoms with Gasteiger partial charge in [0, 0.05) is 31.9 Å². The van der Waals surface area contributed by atoms with E-state index in [0.29, 0.717) is 18.4 Å². The lowest BCUT2D eigenvalue weighted by Crippen LogP contribution is -2.51. The number of hydrogen-bond acceptors (Lipinski definition) is 6. The van der Waals surface area contributed by atoms with Crippen molar-refractivity contribution in [3.05, 3.63) is 48.2 Å². The Labute approximate surface area is 221 Å². The van der Waals surface area contributed by atoms with Crippen molar-refractivity contribution in [2.24, 2.45) is 11.8 Å². The highest BCUT2D eigenvalue weighted by Gasteiger charge is 2.50. The normalized spacial score (nSPS) is 27.1. The predicted octanol–water partition coefficient (Wildman–Crippen LogP) is 6.02. The zero-order valence-corrected chi connectivity index (χ0v) is 21.9. The number of ether oxygens (including phenoxy) is 1. The van der Waals surface area contributed by atoms with Crippen molar-refractivity contribution in [1.82, 2.24) is 14.9 Å². The van der Waals surface area contributed by atoms with E-state index in [9.17, 15) is 4.79 Å². The van der Waals surface area contributed by atoms with Gasteiger partial charge in [-0.05, 0) is 55.6 Å². The van der Waals surface area contributed by atoms with Gasteiger partial charge in [-0.1, -0.05) is 68.9 Å². The number of piperidine rings is 1. The number of benzene rings is 1. The maximum atomic E-state index is 13.1. The Hall–Kier alpha value is -2.83. The van der Waals surface area contributed by atoms with E-state index in [0.717, 1.165) is 44.1 Å². The summed E-state index contributed by atoms with van der Waals surface area (Å²) in [7, 11) is 0. The van der Waals surface area contributed by atoms with Crippen LogP contribution in [0, 0.1) is 11.8 Å². The molecule has 2 aromatic rings. The molecule has 0 bridgehead atoms. The molecule has 1 N–H and O–H groups in total. The topological polar surface area (TPSA) is 70.6 Å². The molecule has 0 radical (unpaired) electrons. The summed E-state index contributed by atoms with van der Waals surface area (Å²) < 4.78 is 6.12. The van der Waals surface area contributed by atoms with Crippen LogP contribution in [0.5, 0.6) is 0 Å². The van der Waals surface area contributed by atoms with Gasteiger partial charge in [0.15, 0.2) is 0 Å². The quantitative estimate of drug-likeness (QED) is 0.498. The van der Waals surface area contributed by atoms with Gasteiger partial charge in [0.25, 0.3) is 0 Å². The van der Waals surface area contributed by atoms with Gasteiger partial charge >= 0.3 is 6.09 Å². The molecule has 4 aliphatic rings. The monoisotopic (exact) mass is 503 g/mol. The second-order valence-corrected chi connectivity index (χ2v) is 11.5. The highest BCUT2D eigenvalue weighted by molar-refractivity contribution is 5.71. The highest BCUT2D eigenvalue weighted by atomic mass is 16.6. The predicted molar refractivity (Wildman–Crippen MR) is 145 cm³/mol. The number of amides is 1. The number of carbonyl (C=O) groups excluding carboxylic acids is 1. The van der Waals surface area contributed by atoms with Gasteiger partial charge in [-0.15, -0.1) is 0 Å². The third-order valence-corrected chi connectivity index (χ3v) is 9.20. The first-order valence-electron chi connectivity index (χ1n) is 14.6. The molecule has 1 amide bonds. The van der Waals surface area contributed by atoms with Gasteiger partial charge in [0.1, 0.15) is 11.9 Å². The number of nitrogens with zero attached hydrogens (tertiary/aromatic N) is 4. The molecule has 198 valence electrons. The van der Waals surface area contributed by atoms with Crippen LogP contribution in [0.2, 0.25) is 0 Å². The van der Waals surface area contributed by atoms with Crippen LogP contribution < -0.4 is 10.2 Å². The number of carbonyl (C=O) groups is 1. The van der Waals surface area contributed by atoms with Gasteiger partial charge in [0.05, 0.1) is 6.04 Å². The molecular weight excluding hydrogens is 462 g/mol. The van der Waals surface area contributed by atoms with Crippen LogP contribution in [0.3, 0.4) is 0 Å². The van der Waals surface area contributed by atoms with Gasteiger partial charge in [0.2, 0.25) is 5.95 Å². The van der Waals surface area contributed by atoms with E-state index in [2.05, 4.69) is 32.2 Å². The number of fused-ring (bicyclic) bond motifs is 1. The SMILES string of the molecule is O=C1OC2C(CC3CCCCC3)CCCC2N1C1CCN(c2ccnc(NCc3ccccc3)n2)CC1. The maximum absolute atomic E-state index is 13.1. The van der Waals surface area contributed by atoms with Crippen molar-refractivity contribution in [2.45, 2.75) is 95.4 Å². The third-order valence-electron chi connectivity index (χ3n) is 9.20. The molecule has 1 aromatic heterocycles. The molecule has 2 aliphatic heterocycles. The van der Waals surface area contributed by atoms with Gasteiger partial charge in [-0.2, -0.15) is 4.98 Å². The Morgan fingerprint density at radius 1 is 0.919 bits per heavy atom. The molecule has 4 fully saturated rings. The summed E-state index contributed by atoms with van der Waals surface area (Å²) >= 11 is 0. The van der Waals surface area contributed by atoms with Crippen LogP contribution in [-0.2, 0) is 11.3 Å². The van der Waals surface area contributed by atoms with Gasteiger partial charge in [-0.3, -0.25) is 4.90 Å². The molecule has 2 saturated heterocycles. The van der Waals surface area contributed by atoms with Crippen molar-refractivity contribution < 1.29 is 9.53 Å². The molecule has 2 aliphatic carbocycles. The van der Waals surface area contributed by atoms with Crippen LogP contribution >= 0.6 is 0 Å². The fourth-order valence-corrected chi connectivity index (χ4v) is 7.30. The van der Waals surface area contributed by atoms with E-state index in [-0.39, 0.29) is 24.3 Å². The minimum Gasteiger partial charge on any atom is -0.444 e. The van der Waals surface area contributed by atoms with Crippen molar-refractivity contribution in [3.8, 4) is 0 Å². The second-order valence-electron chi connectivity index (χ2n) is 11.5. The Balaban J connectivity index is 1.05. The smallest absolute Gasteiger partial charge is 0.410 e. The molecule has 2 saturated carbocycles. The lowest BCUT2D eigenvalue weighted by molar-refractivity contribution is 0.0478. The second kappa shape index (κ2) is 11.3. The van der Waals surface area contributed by atoms with E-state index in [1.54, 1.807) is 0 Å². The standard InChI is InChI=1S/C30H41N5O2/c36-30-35(26-13-7-12-24(28(26)37-30)20-22-8-3-1-4-9-22)25-15-18-34(19-16-25)27-14-17-31-29(33-27)32-21-23-10-5-2-6-11-23/h2,5-6,10-11,14,17,22,24-26,28H,1,3-4,7-9,12-13,15-16,18-21H2,(H,31,32,33). The lowest BCUT2D eigenvalue weighted by Gasteiger charge is -2.41. The Bertz CT molecular complexity index is 1040. The molecule has 3 unspecified atom stereocenters. The summed E-state index contributed by atoms with van der Waals surface area (Å²) in [5, 5.41) is 3.35. The summed E-state index contributed by atoms with van der Waals surface area (Å²) in [6.45, 7) is 2.49. The molecule has 3 heterocycles. The van der Waals surface area contributed by atoms with Crippen LogP contribution in [0.15, 0.2) is 42.6 Å². The molecule has 7 nitrogen and oxygen atoms in total. The van der Waals surface area contributed by atoms with Crippen LogP contribution in [0.1, 0.15) is 76.2 Å². The van der Waals surface area contributed by atoms with Crippen LogP contribution in [-0.4, -0.2) is 52.2 Å². The summed E-state index contributed by atoms with van der Waals surface area (Å²) in [6.07, 6.45) is 15.5. The summed E-state index contributed by atoms with van der Waals surface area (Å²) in [6, 6.07) is 12.8. The number of anilines is 2. The Morgan fingerprint density at radius 2 is 1.73 bits per heavy atom. The summed E-state index contributed by atoms with van der Waals surface area (Å²) in [5.41, 5.74) is 1.21. The Kier molecular flexibility index (Phi) is 7.47. The van der Waals surface area contributed by atoms with E-state index >= 15 is 0 Å². The minimum absolute atomic E-state index is 0.0570. The fourth-order valence-electron chi connectivity index (χ4n) is 7.30. The maximum Gasteiger partial charge on any atom is 0.410 e. The molecule has 1 aromatic carbocycles. The highest BCUT2D eigenvalue weighted by Crippen LogP contribution is 2.42. The number of hydrogen-bond donors (Lipinski definition) is 1. The van der Waals surface area contributed by atoms with Gasteiger partial charge in [-0.25, -0.2) is 9.78 Å². The first-order valence-corrected chi connectivity index (χ1v) is 14.6. The van der Waals surface area contributed by atoms with Gasteiger partial charge < -0.3 is 15.0 Å². The fraction of sp³-hybridized carbons (Fsp3) is 0.633. The van der Waals surface area contributed by atoms with E-state index < -0.39 is 0 Å². The summed E-state index contributed by atoms with van der Waals surface area (Å²) in [5.74, 6) is 3.00. The molecule has 3 atom stereocenters. The van der Waals surface area contributed by atoms with Crippen molar-refractivity contribution >= 4 is 17.9 Å². The van der Waals surface area contributed by atoms with Crippen LogP contribution in [0.4, 0.5) is 16.6 Å². The minimum atomic E-state index is -0.0570. The lowest BCUT2D eigenvalue weighted by atomic mass is 9.74. The first kappa shape index (κ1) is 24.5. The largest absolute Gasteiger partial charge is 0.444 e. The van der Waals surface area contributed by atoms with Crippen molar-refractivity contribution in [1.29, 1.82) is 0 Å². The van der Waals surface area contributed by atoms with Crippen molar-refractivity contribution in [3.63, 3.8) is 0 Å². The molecule has 0 spiro atoms.